The van der Waals surface area contributed by atoms with Crippen molar-refractivity contribution in [2.45, 2.75) is 174 Å². The lowest BCUT2D eigenvalue weighted by Crippen LogP contribution is -2.28. The van der Waals surface area contributed by atoms with Crippen LogP contribution in [0.2, 0.25) is 0 Å². The third-order valence-electron chi connectivity index (χ3n) is 6.55. The van der Waals surface area contributed by atoms with Gasteiger partial charge in [0.15, 0.2) is 0 Å². The Morgan fingerprint density at radius 1 is 0.433 bits per heavy atom. The molecule has 0 saturated heterocycles. The minimum atomic E-state index is -0.301. The number of aliphatic hydroxyl groups is 1. The number of hydrogen-bond acceptors (Lipinski definition) is 2. The van der Waals surface area contributed by atoms with Crippen LogP contribution in [-0.2, 0) is 0 Å². The lowest BCUT2D eigenvalue weighted by Gasteiger charge is -2.09. The van der Waals surface area contributed by atoms with Gasteiger partial charge in [-0.25, -0.2) is 0 Å². The van der Waals surface area contributed by atoms with Crippen LogP contribution in [0.4, 0.5) is 0 Å². The van der Waals surface area contributed by atoms with Crippen molar-refractivity contribution in [2.75, 3.05) is 6.54 Å². The fraction of sp³-hybridized carbons (Fsp3) is 1.00. The van der Waals surface area contributed by atoms with Crippen LogP contribution in [0.15, 0.2) is 0 Å². The first-order chi connectivity index (χ1) is 14.8. The number of rotatable bonds is 26. The Morgan fingerprint density at radius 3 is 0.967 bits per heavy atom. The highest BCUT2D eigenvalue weighted by molar-refractivity contribution is 4.53. The van der Waals surface area contributed by atoms with E-state index in [1.54, 1.807) is 0 Å². The van der Waals surface area contributed by atoms with Crippen LogP contribution in [0.1, 0.15) is 168 Å². The van der Waals surface area contributed by atoms with Gasteiger partial charge in [-0.3, -0.25) is 5.32 Å². The van der Waals surface area contributed by atoms with Crippen LogP contribution >= 0.6 is 0 Å². The van der Waals surface area contributed by atoms with Crippen molar-refractivity contribution in [3.05, 3.63) is 0 Å². The summed E-state index contributed by atoms with van der Waals surface area (Å²) in [5, 5.41) is 12.6. The predicted octanol–water partition coefficient (Wildman–Crippen LogP) is 9.30. The monoisotopic (exact) mass is 425 g/mol. The number of hydrogen-bond donors (Lipinski definition) is 2. The highest BCUT2D eigenvalue weighted by Gasteiger charge is 1.98. The highest BCUT2D eigenvalue weighted by atomic mass is 16.3. The van der Waals surface area contributed by atoms with Gasteiger partial charge in [0.2, 0.25) is 0 Å². The van der Waals surface area contributed by atoms with E-state index in [4.69, 9.17) is 0 Å². The lowest BCUT2D eigenvalue weighted by molar-refractivity contribution is 0.133. The maximum absolute atomic E-state index is 9.42. The Balaban J connectivity index is 3.00. The SMILES string of the molecule is CCCCCCCCCCCCCCCCCCCCCCCCCNC(O)CC. The fourth-order valence-corrected chi connectivity index (χ4v) is 4.32. The van der Waals surface area contributed by atoms with Gasteiger partial charge in [0.1, 0.15) is 6.23 Å². The second-order valence-electron chi connectivity index (χ2n) is 9.66. The zero-order chi connectivity index (χ0) is 22.0. The van der Waals surface area contributed by atoms with E-state index in [2.05, 4.69) is 12.2 Å². The summed E-state index contributed by atoms with van der Waals surface area (Å²) in [6.45, 7) is 5.28. The topological polar surface area (TPSA) is 32.3 Å². The van der Waals surface area contributed by atoms with Crippen LogP contribution < -0.4 is 5.32 Å². The van der Waals surface area contributed by atoms with Gasteiger partial charge in [0.05, 0.1) is 0 Å². The summed E-state index contributed by atoms with van der Waals surface area (Å²) in [7, 11) is 0. The van der Waals surface area contributed by atoms with Gasteiger partial charge >= 0.3 is 0 Å². The molecule has 2 N–H and O–H groups in total. The average molecular weight is 426 g/mol. The van der Waals surface area contributed by atoms with E-state index in [-0.39, 0.29) is 6.23 Å². The van der Waals surface area contributed by atoms with Gasteiger partial charge < -0.3 is 5.11 Å². The number of nitrogens with one attached hydrogen (secondary N) is 1. The Morgan fingerprint density at radius 2 is 0.700 bits per heavy atom. The molecule has 0 aliphatic rings. The minimum absolute atomic E-state index is 0.301. The van der Waals surface area contributed by atoms with E-state index >= 15 is 0 Å². The van der Waals surface area contributed by atoms with E-state index in [1.165, 1.54) is 148 Å². The van der Waals surface area contributed by atoms with Crippen molar-refractivity contribution in [2.24, 2.45) is 0 Å². The Hall–Kier alpha value is -0.0800. The molecule has 0 aromatic carbocycles. The molecular formula is C28H59NO. The quantitative estimate of drug-likeness (QED) is 0.107. The summed E-state index contributed by atoms with van der Waals surface area (Å²) < 4.78 is 0. The van der Waals surface area contributed by atoms with Crippen molar-refractivity contribution in [3.8, 4) is 0 Å². The van der Waals surface area contributed by atoms with Crippen LogP contribution in [0.3, 0.4) is 0 Å². The van der Waals surface area contributed by atoms with Crippen molar-refractivity contribution < 1.29 is 5.11 Å². The van der Waals surface area contributed by atoms with Gasteiger partial charge in [-0.2, -0.15) is 0 Å². The summed E-state index contributed by atoms with van der Waals surface area (Å²) in [6.07, 6.45) is 33.5. The van der Waals surface area contributed by atoms with E-state index in [0.29, 0.717) is 0 Å². The number of aliphatic hydroxyl groups excluding tert-OH is 1. The molecular weight excluding hydrogens is 366 g/mol. The predicted molar refractivity (Wildman–Crippen MR) is 136 cm³/mol. The molecule has 0 spiro atoms. The van der Waals surface area contributed by atoms with Gasteiger partial charge in [0, 0.05) is 0 Å². The number of unbranched alkanes of at least 4 members (excludes halogenated alkanes) is 22. The van der Waals surface area contributed by atoms with E-state index < -0.39 is 0 Å². The summed E-state index contributed by atoms with van der Waals surface area (Å²) in [6, 6.07) is 0. The van der Waals surface area contributed by atoms with Crippen molar-refractivity contribution in [3.63, 3.8) is 0 Å². The molecule has 0 rings (SSSR count). The zero-order valence-electron chi connectivity index (χ0n) is 21.2. The molecule has 0 fully saturated rings. The van der Waals surface area contributed by atoms with E-state index in [0.717, 1.165) is 13.0 Å². The first-order valence-corrected chi connectivity index (χ1v) is 14.2. The molecule has 2 nitrogen and oxygen atoms in total. The van der Waals surface area contributed by atoms with Crippen LogP contribution in [-0.4, -0.2) is 17.9 Å². The smallest absolute Gasteiger partial charge is 0.104 e. The van der Waals surface area contributed by atoms with E-state index in [1.807, 2.05) is 6.92 Å². The Bertz CT molecular complexity index is 294. The third kappa shape index (κ3) is 26.0. The minimum Gasteiger partial charge on any atom is -0.379 e. The van der Waals surface area contributed by atoms with Gasteiger partial charge in [0.25, 0.3) is 0 Å². The second-order valence-corrected chi connectivity index (χ2v) is 9.66. The molecule has 0 aliphatic carbocycles. The molecule has 0 aliphatic heterocycles. The van der Waals surface area contributed by atoms with Crippen LogP contribution in [0, 0.1) is 0 Å². The summed E-state index contributed by atoms with van der Waals surface area (Å²) in [5.41, 5.74) is 0. The summed E-state index contributed by atoms with van der Waals surface area (Å²) in [4.78, 5) is 0. The molecule has 0 saturated carbocycles. The fourth-order valence-electron chi connectivity index (χ4n) is 4.32. The third-order valence-corrected chi connectivity index (χ3v) is 6.55. The molecule has 1 unspecified atom stereocenters. The highest BCUT2D eigenvalue weighted by Crippen LogP contribution is 2.15. The van der Waals surface area contributed by atoms with E-state index in [9.17, 15) is 5.11 Å². The van der Waals surface area contributed by atoms with Crippen LogP contribution in [0.5, 0.6) is 0 Å². The Kier molecular flexibility index (Phi) is 26.9. The molecule has 2 heteroatoms. The molecule has 0 amide bonds. The molecule has 0 aromatic rings. The summed E-state index contributed by atoms with van der Waals surface area (Å²) in [5.74, 6) is 0. The lowest BCUT2D eigenvalue weighted by atomic mass is 10.0. The van der Waals surface area contributed by atoms with Gasteiger partial charge in [-0.05, 0) is 19.4 Å². The summed E-state index contributed by atoms with van der Waals surface area (Å²) >= 11 is 0. The molecule has 30 heavy (non-hydrogen) atoms. The van der Waals surface area contributed by atoms with Gasteiger partial charge in [-0.1, -0.05) is 155 Å². The van der Waals surface area contributed by atoms with Gasteiger partial charge in [-0.15, -0.1) is 0 Å². The standard InChI is InChI=1S/C28H59NO/c1-3-5-6-7-8-9-10-11-12-13-14-15-16-17-18-19-20-21-22-23-24-25-26-27-29-28(30)4-2/h28-30H,3-27H2,1-2H3. The molecule has 0 radical (unpaired) electrons. The maximum Gasteiger partial charge on any atom is 0.104 e. The molecule has 182 valence electrons. The second kappa shape index (κ2) is 27.0. The average Bonchev–Trinajstić information content (AvgIpc) is 2.76. The molecule has 0 heterocycles. The van der Waals surface area contributed by atoms with Crippen LogP contribution in [0.25, 0.3) is 0 Å². The first kappa shape index (κ1) is 29.9. The van der Waals surface area contributed by atoms with Crippen molar-refractivity contribution >= 4 is 0 Å². The molecule has 1 atom stereocenters. The Labute approximate surface area is 191 Å². The maximum atomic E-state index is 9.42. The first-order valence-electron chi connectivity index (χ1n) is 14.2. The normalized spacial score (nSPS) is 12.5. The van der Waals surface area contributed by atoms with Crippen molar-refractivity contribution in [1.29, 1.82) is 0 Å². The van der Waals surface area contributed by atoms with Crippen molar-refractivity contribution in [1.82, 2.24) is 5.32 Å². The molecule has 0 aromatic heterocycles. The zero-order valence-corrected chi connectivity index (χ0v) is 21.2. The molecule has 0 bridgehead atoms. The largest absolute Gasteiger partial charge is 0.379 e.